The van der Waals surface area contributed by atoms with Crippen LogP contribution < -0.4 is 0 Å². The van der Waals surface area contributed by atoms with E-state index in [0.717, 1.165) is 50.3 Å². The van der Waals surface area contributed by atoms with Crippen molar-refractivity contribution in [3.8, 4) is 0 Å². The smallest absolute Gasteiger partial charge is 0.320 e. The van der Waals surface area contributed by atoms with Gasteiger partial charge in [0.1, 0.15) is 0 Å². The lowest BCUT2D eigenvalue weighted by atomic mass is 9.72. The molecule has 0 aliphatic carbocycles. The van der Waals surface area contributed by atoms with Crippen LogP contribution in [-0.4, -0.2) is 82.5 Å². The minimum absolute atomic E-state index is 0.119. The van der Waals surface area contributed by atoms with Gasteiger partial charge in [0.25, 0.3) is 0 Å². The molecule has 0 radical (unpaired) electrons. The van der Waals surface area contributed by atoms with Crippen molar-refractivity contribution in [3.63, 3.8) is 0 Å². The van der Waals surface area contributed by atoms with Gasteiger partial charge < -0.3 is 19.4 Å². The average Bonchev–Trinajstić information content (AvgIpc) is 2.73. The van der Waals surface area contributed by atoms with E-state index in [0.29, 0.717) is 39.3 Å². The summed E-state index contributed by atoms with van der Waals surface area (Å²) in [5.41, 5.74) is 1.83. The molecule has 3 saturated heterocycles. The molecule has 0 aromatic carbocycles. The number of likely N-dealkylation sites (tertiary alicyclic amines) is 2. The molecule has 8 heteroatoms. The van der Waals surface area contributed by atoms with Gasteiger partial charge in [0.2, 0.25) is 5.91 Å². The van der Waals surface area contributed by atoms with Crippen molar-refractivity contribution in [2.45, 2.75) is 39.2 Å². The molecule has 1 spiro atoms. The molecule has 4 heterocycles. The van der Waals surface area contributed by atoms with E-state index in [1.807, 2.05) is 21.6 Å². The van der Waals surface area contributed by atoms with E-state index in [1.54, 1.807) is 12.4 Å². The first-order valence-electron chi connectivity index (χ1n) is 10.2. The topological polar surface area (TPSA) is 78.9 Å². The maximum atomic E-state index is 12.7. The Morgan fingerprint density at radius 2 is 1.79 bits per heavy atom. The fraction of sp³-hybridized carbons (Fsp3) is 0.700. The van der Waals surface area contributed by atoms with E-state index in [9.17, 15) is 9.59 Å². The molecule has 1 aromatic rings. The summed E-state index contributed by atoms with van der Waals surface area (Å²) in [5, 5.41) is 0. The molecule has 0 unspecified atom stereocenters. The third-order valence-corrected chi connectivity index (χ3v) is 6.31. The highest BCUT2D eigenvalue weighted by atomic mass is 16.5. The maximum Gasteiger partial charge on any atom is 0.320 e. The fourth-order valence-electron chi connectivity index (χ4n) is 4.48. The van der Waals surface area contributed by atoms with E-state index in [2.05, 4.69) is 9.97 Å². The Labute approximate surface area is 165 Å². The lowest BCUT2D eigenvalue weighted by Crippen LogP contribution is -2.55. The molecule has 3 aliphatic heterocycles. The molecule has 0 bridgehead atoms. The first-order chi connectivity index (χ1) is 13.5. The first-order valence-corrected chi connectivity index (χ1v) is 10.2. The molecule has 3 fully saturated rings. The third-order valence-electron chi connectivity index (χ3n) is 6.31. The number of urea groups is 1. The van der Waals surface area contributed by atoms with Crippen LogP contribution in [0.3, 0.4) is 0 Å². The van der Waals surface area contributed by atoms with Gasteiger partial charge in [-0.15, -0.1) is 0 Å². The predicted octanol–water partition coefficient (Wildman–Crippen LogP) is 1.44. The van der Waals surface area contributed by atoms with Gasteiger partial charge in [0.15, 0.2) is 0 Å². The second kappa shape index (κ2) is 8.03. The Morgan fingerprint density at radius 1 is 1.07 bits per heavy atom. The average molecular weight is 387 g/mol. The number of nitrogens with zero attached hydrogens (tertiary/aromatic N) is 5. The van der Waals surface area contributed by atoms with Gasteiger partial charge in [0.05, 0.1) is 37.3 Å². The highest BCUT2D eigenvalue weighted by Gasteiger charge is 2.42. The number of amides is 3. The number of hydrogen-bond donors (Lipinski definition) is 0. The Kier molecular flexibility index (Phi) is 5.48. The van der Waals surface area contributed by atoms with Crippen molar-refractivity contribution in [1.82, 2.24) is 24.7 Å². The number of aryl methyl sites for hydroxylation is 1. The summed E-state index contributed by atoms with van der Waals surface area (Å²) in [4.78, 5) is 39.7. The van der Waals surface area contributed by atoms with Crippen LogP contribution in [0, 0.1) is 12.3 Å². The summed E-state index contributed by atoms with van der Waals surface area (Å²) in [5.74, 6) is 0.194. The molecule has 0 N–H and O–H groups in total. The number of hydrogen-bond acceptors (Lipinski definition) is 5. The Morgan fingerprint density at radius 3 is 2.46 bits per heavy atom. The molecule has 0 atom stereocenters. The van der Waals surface area contributed by atoms with Gasteiger partial charge in [0, 0.05) is 45.3 Å². The fourth-order valence-corrected chi connectivity index (χ4v) is 4.48. The van der Waals surface area contributed by atoms with E-state index in [1.165, 1.54) is 0 Å². The zero-order valence-corrected chi connectivity index (χ0v) is 16.6. The van der Waals surface area contributed by atoms with Gasteiger partial charge in [-0.05, 0) is 31.6 Å². The van der Waals surface area contributed by atoms with E-state index in [4.69, 9.17) is 4.74 Å². The Bertz CT molecular complexity index is 709. The number of piperidine rings is 2. The highest BCUT2D eigenvalue weighted by molar-refractivity contribution is 5.77. The zero-order valence-electron chi connectivity index (χ0n) is 16.6. The van der Waals surface area contributed by atoms with Crippen molar-refractivity contribution in [3.05, 3.63) is 23.8 Å². The molecule has 1 aromatic heterocycles. The van der Waals surface area contributed by atoms with Crippen LogP contribution in [0.1, 0.15) is 37.1 Å². The summed E-state index contributed by atoms with van der Waals surface area (Å²) in [6.07, 6.45) is 6.90. The van der Waals surface area contributed by atoms with Crippen molar-refractivity contribution >= 4 is 11.9 Å². The van der Waals surface area contributed by atoms with Crippen LogP contribution in [0.25, 0.3) is 0 Å². The van der Waals surface area contributed by atoms with Crippen molar-refractivity contribution in [1.29, 1.82) is 0 Å². The molecular weight excluding hydrogens is 358 g/mol. The summed E-state index contributed by atoms with van der Waals surface area (Å²) in [6, 6.07) is 0.136. The Hall–Kier alpha value is -2.22. The van der Waals surface area contributed by atoms with Gasteiger partial charge in [-0.1, -0.05) is 0 Å². The zero-order chi connectivity index (χ0) is 19.6. The standard InChI is InChI=1S/C20H29N5O3/c1-16-12-22-17(13-21-16)14-25-15-20(3-2-18(25)26)4-6-23(7-5-20)19(27)24-8-10-28-11-9-24/h12-13H,2-11,14-15H2,1H3. The molecular formula is C20H29N5O3. The SMILES string of the molecule is Cc1cnc(CN2CC3(CCC2=O)CCN(C(=O)N2CCOCC2)CC3)cn1. The Balaban J connectivity index is 1.35. The number of aromatic nitrogens is 2. The highest BCUT2D eigenvalue weighted by Crippen LogP contribution is 2.40. The summed E-state index contributed by atoms with van der Waals surface area (Å²) < 4.78 is 5.35. The normalized spacial score (nSPS) is 22.6. The maximum absolute atomic E-state index is 12.7. The van der Waals surface area contributed by atoms with Gasteiger partial charge in [-0.2, -0.15) is 0 Å². The van der Waals surface area contributed by atoms with Gasteiger partial charge in [-0.3, -0.25) is 14.8 Å². The minimum atomic E-state index is 0.119. The summed E-state index contributed by atoms with van der Waals surface area (Å²) in [6.45, 7) is 7.33. The number of ether oxygens (including phenoxy) is 1. The van der Waals surface area contributed by atoms with Crippen LogP contribution in [0.4, 0.5) is 4.79 Å². The van der Waals surface area contributed by atoms with Crippen LogP contribution in [-0.2, 0) is 16.1 Å². The third kappa shape index (κ3) is 4.11. The molecule has 3 aliphatic rings. The monoisotopic (exact) mass is 387 g/mol. The molecule has 152 valence electrons. The van der Waals surface area contributed by atoms with Crippen molar-refractivity contribution in [2.24, 2.45) is 5.41 Å². The van der Waals surface area contributed by atoms with Crippen LogP contribution >= 0.6 is 0 Å². The second-order valence-electron chi connectivity index (χ2n) is 8.27. The van der Waals surface area contributed by atoms with E-state index >= 15 is 0 Å². The number of morpholine rings is 1. The number of carbonyl (C=O) groups is 2. The molecule has 3 amide bonds. The lowest BCUT2D eigenvalue weighted by molar-refractivity contribution is -0.139. The van der Waals surface area contributed by atoms with Crippen LogP contribution in [0.15, 0.2) is 12.4 Å². The second-order valence-corrected chi connectivity index (χ2v) is 8.27. The largest absolute Gasteiger partial charge is 0.378 e. The quantitative estimate of drug-likeness (QED) is 0.767. The predicted molar refractivity (Wildman–Crippen MR) is 102 cm³/mol. The summed E-state index contributed by atoms with van der Waals surface area (Å²) in [7, 11) is 0. The van der Waals surface area contributed by atoms with Gasteiger partial charge in [-0.25, -0.2) is 4.79 Å². The molecule has 8 nitrogen and oxygen atoms in total. The van der Waals surface area contributed by atoms with Gasteiger partial charge >= 0.3 is 6.03 Å². The van der Waals surface area contributed by atoms with Crippen LogP contribution in [0.5, 0.6) is 0 Å². The van der Waals surface area contributed by atoms with Crippen molar-refractivity contribution in [2.75, 3.05) is 45.9 Å². The van der Waals surface area contributed by atoms with E-state index in [-0.39, 0.29) is 17.4 Å². The molecule has 4 rings (SSSR count). The minimum Gasteiger partial charge on any atom is -0.378 e. The summed E-state index contributed by atoms with van der Waals surface area (Å²) >= 11 is 0. The molecule has 0 saturated carbocycles. The number of rotatable bonds is 2. The lowest BCUT2D eigenvalue weighted by Gasteiger charge is -2.48. The van der Waals surface area contributed by atoms with E-state index < -0.39 is 0 Å². The molecule has 28 heavy (non-hydrogen) atoms. The number of carbonyl (C=O) groups excluding carboxylic acids is 2. The van der Waals surface area contributed by atoms with Crippen LogP contribution in [0.2, 0.25) is 0 Å². The van der Waals surface area contributed by atoms with Crippen molar-refractivity contribution < 1.29 is 14.3 Å². The first kappa shape index (κ1) is 19.1.